The van der Waals surface area contributed by atoms with Crippen molar-refractivity contribution in [1.29, 1.82) is 0 Å². The minimum atomic E-state index is -0.0606. The molecule has 18 heavy (non-hydrogen) atoms. The van der Waals surface area contributed by atoms with Crippen molar-refractivity contribution in [3.8, 4) is 0 Å². The van der Waals surface area contributed by atoms with Gasteiger partial charge >= 0.3 is 0 Å². The topological polar surface area (TPSA) is 65.5 Å². The lowest BCUT2D eigenvalue weighted by atomic mass is 10.1. The molecule has 1 amide bonds. The molecule has 1 aliphatic rings. The highest BCUT2D eigenvalue weighted by molar-refractivity contribution is 5.88. The van der Waals surface area contributed by atoms with Gasteiger partial charge < -0.3 is 16.0 Å². The molecule has 0 radical (unpaired) electrons. The van der Waals surface area contributed by atoms with Crippen LogP contribution in [-0.4, -0.2) is 25.0 Å². The molecule has 1 aliphatic heterocycles. The van der Waals surface area contributed by atoms with E-state index in [1.54, 1.807) is 0 Å². The lowest BCUT2D eigenvalue weighted by Crippen LogP contribution is -2.35. The van der Waals surface area contributed by atoms with Crippen molar-refractivity contribution >= 4 is 17.6 Å². The Morgan fingerprint density at radius 3 is 3.00 bits per heavy atom. The van der Waals surface area contributed by atoms with Gasteiger partial charge in [0.15, 0.2) is 5.96 Å². The molecule has 1 unspecified atom stereocenters. The van der Waals surface area contributed by atoms with Crippen LogP contribution in [0.1, 0.15) is 25.5 Å². The summed E-state index contributed by atoms with van der Waals surface area (Å²) < 4.78 is 0. The maximum atomic E-state index is 11.0. The van der Waals surface area contributed by atoms with E-state index in [1.165, 1.54) is 6.92 Å². The molecule has 0 aromatic heterocycles. The fourth-order valence-corrected chi connectivity index (χ4v) is 1.87. The molecule has 96 valence electrons. The van der Waals surface area contributed by atoms with Crippen molar-refractivity contribution in [2.75, 3.05) is 18.4 Å². The van der Waals surface area contributed by atoms with E-state index < -0.39 is 0 Å². The van der Waals surface area contributed by atoms with Gasteiger partial charge in [-0.1, -0.05) is 12.1 Å². The summed E-state index contributed by atoms with van der Waals surface area (Å²) in [5.41, 5.74) is 1.92. The van der Waals surface area contributed by atoms with Crippen molar-refractivity contribution in [3.05, 3.63) is 29.8 Å². The highest BCUT2D eigenvalue weighted by atomic mass is 16.1. The van der Waals surface area contributed by atoms with Crippen molar-refractivity contribution in [3.63, 3.8) is 0 Å². The number of benzene rings is 1. The fourth-order valence-electron chi connectivity index (χ4n) is 1.87. The summed E-state index contributed by atoms with van der Waals surface area (Å²) in [5.74, 6) is 0.780. The van der Waals surface area contributed by atoms with Crippen LogP contribution in [0.15, 0.2) is 29.3 Å². The predicted molar refractivity (Wildman–Crippen MR) is 72.6 cm³/mol. The molecule has 0 saturated heterocycles. The van der Waals surface area contributed by atoms with Gasteiger partial charge in [0.1, 0.15) is 0 Å². The second-order valence-corrected chi connectivity index (χ2v) is 4.33. The van der Waals surface area contributed by atoms with Crippen LogP contribution in [0.2, 0.25) is 0 Å². The van der Waals surface area contributed by atoms with Gasteiger partial charge in [0.25, 0.3) is 0 Å². The van der Waals surface area contributed by atoms with Crippen LogP contribution in [0.3, 0.4) is 0 Å². The second kappa shape index (κ2) is 5.53. The minimum absolute atomic E-state index is 0.0606. The van der Waals surface area contributed by atoms with Gasteiger partial charge in [-0.3, -0.25) is 9.79 Å². The van der Waals surface area contributed by atoms with E-state index in [2.05, 4.69) is 27.9 Å². The third-order valence-corrected chi connectivity index (χ3v) is 2.73. The molecule has 1 aromatic rings. The molecule has 0 saturated carbocycles. The molecule has 2 rings (SSSR count). The number of guanidine groups is 1. The lowest BCUT2D eigenvalue weighted by Gasteiger charge is -2.16. The highest BCUT2D eigenvalue weighted by Gasteiger charge is 2.10. The molecule has 3 N–H and O–H groups in total. The number of nitrogens with zero attached hydrogens (tertiary/aromatic N) is 1. The van der Waals surface area contributed by atoms with E-state index in [-0.39, 0.29) is 11.9 Å². The molecule has 1 atom stereocenters. The first-order valence-corrected chi connectivity index (χ1v) is 6.07. The SMILES string of the molecule is CC(=O)Nc1cccc(C(C)NC2=NCCN2)c1. The fraction of sp³-hybridized carbons (Fsp3) is 0.385. The average molecular weight is 246 g/mol. The van der Waals surface area contributed by atoms with Crippen LogP contribution in [0.4, 0.5) is 5.69 Å². The first-order valence-electron chi connectivity index (χ1n) is 6.07. The summed E-state index contributed by atoms with van der Waals surface area (Å²) in [6, 6.07) is 7.95. The normalized spacial score (nSPS) is 15.6. The van der Waals surface area contributed by atoms with E-state index in [4.69, 9.17) is 0 Å². The molecular formula is C13H18N4O. The maximum Gasteiger partial charge on any atom is 0.221 e. The summed E-state index contributed by atoms with van der Waals surface area (Å²) in [4.78, 5) is 15.3. The Balaban J connectivity index is 2.04. The second-order valence-electron chi connectivity index (χ2n) is 4.33. The molecular weight excluding hydrogens is 228 g/mol. The number of amides is 1. The van der Waals surface area contributed by atoms with E-state index in [0.29, 0.717) is 0 Å². The zero-order valence-electron chi connectivity index (χ0n) is 10.7. The van der Waals surface area contributed by atoms with Gasteiger partial charge in [-0.05, 0) is 24.6 Å². The van der Waals surface area contributed by atoms with Crippen molar-refractivity contribution in [1.82, 2.24) is 10.6 Å². The largest absolute Gasteiger partial charge is 0.355 e. The molecule has 5 heteroatoms. The third kappa shape index (κ3) is 3.23. The van der Waals surface area contributed by atoms with Gasteiger partial charge in [-0.2, -0.15) is 0 Å². The highest BCUT2D eigenvalue weighted by Crippen LogP contribution is 2.17. The van der Waals surface area contributed by atoms with Crippen LogP contribution < -0.4 is 16.0 Å². The molecule has 0 fully saturated rings. The monoisotopic (exact) mass is 246 g/mol. The molecule has 1 aromatic carbocycles. The van der Waals surface area contributed by atoms with Crippen LogP contribution in [0, 0.1) is 0 Å². The standard InChI is InChI=1S/C13H18N4O/c1-9(16-13-14-6-7-15-13)11-4-3-5-12(8-11)17-10(2)18/h3-5,8-9H,6-7H2,1-2H3,(H,17,18)(H2,14,15,16). The number of hydrogen-bond donors (Lipinski definition) is 3. The Labute approximate surface area is 107 Å². The average Bonchev–Trinajstić information content (AvgIpc) is 2.81. The summed E-state index contributed by atoms with van der Waals surface area (Å²) in [6.45, 7) is 5.28. The first-order chi connectivity index (χ1) is 8.65. The van der Waals surface area contributed by atoms with Gasteiger partial charge in [-0.25, -0.2) is 0 Å². The summed E-state index contributed by atoms with van der Waals surface area (Å²) >= 11 is 0. The number of nitrogens with one attached hydrogen (secondary N) is 3. The number of aliphatic imine (C=N–C) groups is 1. The van der Waals surface area contributed by atoms with Crippen molar-refractivity contribution < 1.29 is 4.79 Å². The summed E-state index contributed by atoms with van der Waals surface area (Å²) in [6.07, 6.45) is 0. The quantitative estimate of drug-likeness (QED) is 0.752. The minimum Gasteiger partial charge on any atom is -0.355 e. The number of hydrogen-bond acceptors (Lipinski definition) is 4. The maximum absolute atomic E-state index is 11.0. The summed E-state index contributed by atoms with van der Waals surface area (Å²) in [7, 11) is 0. The van der Waals surface area contributed by atoms with Gasteiger partial charge in [0.2, 0.25) is 5.91 Å². The molecule has 0 spiro atoms. The van der Waals surface area contributed by atoms with E-state index in [1.807, 2.05) is 24.3 Å². The Morgan fingerprint density at radius 1 is 1.50 bits per heavy atom. The van der Waals surface area contributed by atoms with E-state index in [9.17, 15) is 4.79 Å². The van der Waals surface area contributed by atoms with Gasteiger partial charge in [0, 0.05) is 19.2 Å². The lowest BCUT2D eigenvalue weighted by molar-refractivity contribution is -0.114. The number of carbonyl (C=O) groups excluding carboxylic acids is 1. The number of rotatable bonds is 3. The van der Waals surface area contributed by atoms with Crippen molar-refractivity contribution in [2.45, 2.75) is 19.9 Å². The Hall–Kier alpha value is -2.04. The van der Waals surface area contributed by atoms with Crippen LogP contribution >= 0.6 is 0 Å². The Kier molecular flexibility index (Phi) is 3.82. The number of anilines is 1. The van der Waals surface area contributed by atoms with Gasteiger partial charge in [-0.15, -0.1) is 0 Å². The van der Waals surface area contributed by atoms with E-state index >= 15 is 0 Å². The zero-order valence-corrected chi connectivity index (χ0v) is 10.7. The number of carbonyl (C=O) groups is 1. The summed E-state index contributed by atoms with van der Waals surface area (Å²) in [5, 5.41) is 9.26. The third-order valence-electron chi connectivity index (χ3n) is 2.73. The molecule has 0 aliphatic carbocycles. The smallest absolute Gasteiger partial charge is 0.221 e. The first kappa shape index (κ1) is 12.4. The Morgan fingerprint density at radius 2 is 2.33 bits per heavy atom. The van der Waals surface area contributed by atoms with Crippen LogP contribution in [-0.2, 0) is 4.79 Å². The molecule has 1 heterocycles. The Bertz CT molecular complexity index is 470. The van der Waals surface area contributed by atoms with Crippen LogP contribution in [0.25, 0.3) is 0 Å². The van der Waals surface area contributed by atoms with Gasteiger partial charge in [0.05, 0.1) is 12.6 Å². The molecule has 0 bridgehead atoms. The predicted octanol–water partition coefficient (Wildman–Crippen LogP) is 1.25. The van der Waals surface area contributed by atoms with E-state index in [0.717, 1.165) is 30.3 Å². The molecule has 5 nitrogen and oxygen atoms in total. The van der Waals surface area contributed by atoms with Crippen molar-refractivity contribution in [2.24, 2.45) is 4.99 Å². The van der Waals surface area contributed by atoms with Crippen LogP contribution in [0.5, 0.6) is 0 Å². The zero-order chi connectivity index (χ0) is 13.0.